The second-order valence-corrected chi connectivity index (χ2v) is 14.4. The third-order valence-corrected chi connectivity index (χ3v) is 9.76. The summed E-state index contributed by atoms with van der Waals surface area (Å²) in [6.45, 7) is 7.50. The van der Waals surface area contributed by atoms with E-state index in [-0.39, 0.29) is 11.3 Å². The second kappa shape index (κ2) is 13.4. The lowest BCUT2D eigenvalue weighted by atomic mass is 9.85. The Morgan fingerprint density at radius 1 is 0.870 bits per heavy atom. The highest BCUT2D eigenvalue weighted by Crippen LogP contribution is 2.35. The Morgan fingerprint density at radius 2 is 1.52 bits per heavy atom. The van der Waals surface area contributed by atoms with Crippen molar-refractivity contribution in [1.82, 2.24) is 19.9 Å². The summed E-state index contributed by atoms with van der Waals surface area (Å²) >= 11 is 0. The molecule has 3 N–H and O–H groups in total. The topological polar surface area (TPSA) is 78.2 Å². The van der Waals surface area contributed by atoms with Crippen LogP contribution < -0.4 is 15.5 Å². The number of fused-ring (bicyclic) bond motifs is 2. The summed E-state index contributed by atoms with van der Waals surface area (Å²) in [5.41, 5.74) is 5.85. The minimum Gasteiger partial charge on any atom is -0.388 e. The molecule has 6 rings (SSSR count). The van der Waals surface area contributed by atoms with Crippen molar-refractivity contribution < 1.29 is 5.11 Å². The average Bonchev–Trinajstić information content (AvgIpc) is 3.39. The summed E-state index contributed by atoms with van der Waals surface area (Å²) < 4.78 is 2.22. The molecule has 0 aliphatic heterocycles. The lowest BCUT2D eigenvalue weighted by Gasteiger charge is -2.31. The van der Waals surface area contributed by atoms with Crippen LogP contribution in [-0.4, -0.2) is 52.4 Å². The molecular weight excluding hydrogens is 568 g/mol. The molecule has 2 aromatic heterocycles. The molecule has 7 nitrogen and oxygen atoms in total. The van der Waals surface area contributed by atoms with Crippen LogP contribution in [0.4, 0.5) is 11.8 Å². The molecule has 7 heteroatoms. The number of aliphatic hydroxyl groups excluding tert-OH is 1. The molecule has 0 amide bonds. The maximum Gasteiger partial charge on any atom is 0.225 e. The van der Waals surface area contributed by atoms with Gasteiger partial charge in [-0.25, -0.2) is 4.98 Å². The third kappa shape index (κ3) is 7.06. The molecule has 2 unspecified atom stereocenters. The molecule has 3 aromatic carbocycles. The predicted molar refractivity (Wildman–Crippen MR) is 192 cm³/mol. The molecule has 1 fully saturated rings. The largest absolute Gasteiger partial charge is 0.388 e. The molecule has 1 saturated carbocycles. The van der Waals surface area contributed by atoms with Gasteiger partial charge in [-0.1, -0.05) is 75.4 Å². The summed E-state index contributed by atoms with van der Waals surface area (Å²) in [7, 11) is 6.18. The standard InChI is InChI=1S/C39H50N6O/c1-39(2,3)28-17-15-26(16-18-28)36(46)23-27(33-25-45(6)35-14-10-8-11-31(33)35)24-40-29-19-21-30(22-20-29)41-38-42-34-13-9-7-12-32(34)37(43-38)44(4)5/h7-18,25,27,29-30,36,40,46H,19-24H2,1-6H3,(H,41,42,43)/t27?,29-,30+,36?. The van der Waals surface area contributed by atoms with Gasteiger partial charge in [0.1, 0.15) is 5.82 Å². The van der Waals surface area contributed by atoms with Gasteiger partial charge >= 0.3 is 0 Å². The summed E-state index contributed by atoms with van der Waals surface area (Å²) in [6, 6.07) is 26.2. The van der Waals surface area contributed by atoms with Gasteiger partial charge in [0.25, 0.3) is 0 Å². The minimum atomic E-state index is -0.534. The molecule has 5 aromatic rings. The van der Waals surface area contributed by atoms with Gasteiger partial charge in [-0.3, -0.25) is 0 Å². The molecule has 2 heterocycles. The number of anilines is 2. The van der Waals surface area contributed by atoms with Crippen LogP contribution in [0, 0.1) is 0 Å². The fourth-order valence-corrected chi connectivity index (χ4v) is 7.03. The number of aromatic nitrogens is 3. The van der Waals surface area contributed by atoms with Crippen LogP contribution in [0.25, 0.3) is 21.8 Å². The van der Waals surface area contributed by atoms with Gasteiger partial charge in [0, 0.05) is 68.2 Å². The Morgan fingerprint density at radius 3 is 2.22 bits per heavy atom. The first-order valence-electron chi connectivity index (χ1n) is 16.8. The molecule has 2 atom stereocenters. The van der Waals surface area contributed by atoms with E-state index in [2.05, 4.69) is 115 Å². The van der Waals surface area contributed by atoms with Crippen molar-refractivity contribution in [2.45, 2.75) is 82.4 Å². The number of para-hydroxylation sites is 2. The van der Waals surface area contributed by atoms with Crippen molar-refractivity contribution in [3.63, 3.8) is 0 Å². The van der Waals surface area contributed by atoms with Crippen LogP contribution in [0.1, 0.15) is 81.6 Å². The highest BCUT2D eigenvalue weighted by molar-refractivity contribution is 5.90. The maximum atomic E-state index is 11.5. The van der Waals surface area contributed by atoms with Gasteiger partial charge < -0.3 is 25.2 Å². The minimum absolute atomic E-state index is 0.0884. The lowest BCUT2D eigenvalue weighted by molar-refractivity contribution is 0.155. The van der Waals surface area contributed by atoms with Gasteiger partial charge in [0.2, 0.25) is 5.95 Å². The van der Waals surface area contributed by atoms with Crippen molar-refractivity contribution in [3.8, 4) is 0 Å². The van der Waals surface area contributed by atoms with E-state index in [0.717, 1.165) is 54.5 Å². The fourth-order valence-electron chi connectivity index (χ4n) is 7.03. The Kier molecular flexibility index (Phi) is 9.34. The Labute approximate surface area is 274 Å². The number of hydrogen-bond acceptors (Lipinski definition) is 6. The summed E-state index contributed by atoms with van der Waals surface area (Å²) in [5, 5.41) is 21.4. The number of aryl methyl sites for hydroxylation is 1. The van der Waals surface area contributed by atoms with E-state index in [1.807, 2.05) is 26.2 Å². The van der Waals surface area contributed by atoms with E-state index in [4.69, 9.17) is 9.97 Å². The monoisotopic (exact) mass is 618 g/mol. The van der Waals surface area contributed by atoms with Crippen LogP contribution in [0.15, 0.2) is 79.0 Å². The van der Waals surface area contributed by atoms with Gasteiger partial charge in [0.15, 0.2) is 0 Å². The molecule has 0 radical (unpaired) electrons. The van der Waals surface area contributed by atoms with Crippen LogP contribution in [0.5, 0.6) is 0 Å². The molecule has 46 heavy (non-hydrogen) atoms. The third-order valence-electron chi connectivity index (χ3n) is 9.76. The molecule has 1 aliphatic rings. The number of hydrogen-bond donors (Lipinski definition) is 3. The SMILES string of the molecule is CN(C)c1nc(N[C@H]2CC[C@@H](NCC(CC(O)c3ccc(C(C)(C)C)cc3)c3cn(C)c4ccccc34)CC2)nc2ccccc12. The first kappa shape index (κ1) is 32.0. The second-order valence-electron chi connectivity index (χ2n) is 14.4. The zero-order valence-electron chi connectivity index (χ0n) is 28.3. The van der Waals surface area contributed by atoms with E-state index in [1.165, 1.54) is 22.0 Å². The highest BCUT2D eigenvalue weighted by atomic mass is 16.3. The summed E-state index contributed by atoms with van der Waals surface area (Å²) in [5.74, 6) is 1.82. The van der Waals surface area contributed by atoms with Crippen molar-refractivity contribution in [1.29, 1.82) is 0 Å². The van der Waals surface area contributed by atoms with Gasteiger partial charge in [-0.05, 0) is 72.4 Å². The molecule has 1 aliphatic carbocycles. The van der Waals surface area contributed by atoms with Crippen LogP contribution >= 0.6 is 0 Å². The highest BCUT2D eigenvalue weighted by Gasteiger charge is 2.26. The van der Waals surface area contributed by atoms with E-state index in [9.17, 15) is 5.11 Å². The van der Waals surface area contributed by atoms with Crippen LogP contribution in [0.3, 0.4) is 0 Å². The van der Waals surface area contributed by atoms with Crippen molar-refractivity contribution in [2.75, 3.05) is 30.9 Å². The van der Waals surface area contributed by atoms with E-state index in [1.54, 1.807) is 0 Å². The Bertz CT molecular complexity index is 1760. The van der Waals surface area contributed by atoms with E-state index < -0.39 is 6.10 Å². The first-order valence-corrected chi connectivity index (χ1v) is 16.8. The molecule has 0 spiro atoms. The van der Waals surface area contributed by atoms with Gasteiger partial charge in [0.05, 0.1) is 11.6 Å². The van der Waals surface area contributed by atoms with E-state index >= 15 is 0 Å². The number of rotatable bonds is 10. The predicted octanol–water partition coefficient (Wildman–Crippen LogP) is 7.71. The summed E-state index contributed by atoms with van der Waals surface area (Å²) in [6.07, 6.45) is 6.70. The molecule has 0 saturated heterocycles. The first-order chi connectivity index (χ1) is 22.1. The van der Waals surface area contributed by atoms with Crippen LogP contribution in [-0.2, 0) is 12.5 Å². The number of nitrogens with zero attached hydrogens (tertiary/aromatic N) is 4. The Balaban J connectivity index is 1.13. The van der Waals surface area contributed by atoms with Gasteiger partial charge in [-0.15, -0.1) is 0 Å². The summed E-state index contributed by atoms with van der Waals surface area (Å²) in [4.78, 5) is 11.8. The number of nitrogens with one attached hydrogen (secondary N) is 2. The molecular formula is C39H50N6O. The van der Waals surface area contributed by atoms with Crippen molar-refractivity contribution >= 4 is 33.6 Å². The van der Waals surface area contributed by atoms with Gasteiger partial charge in [-0.2, -0.15) is 4.98 Å². The quantitative estimate of drug-likeness (QED) is 0.149. The average molecular weight is 619 g/mol. The van der Waals surface area contributed by atoms with E-state index in [0.29, 0.717) is 24.5 Å². The van der Waals surface area contributed by atoms with Crippen molar-refractivity contribution in [2.24, 2.45) is 7.05 Å². The van der Waals surface area contributed by atoms with Crippen molar-refractivity contribution in [3.05, 3.63) is 95.7 Å². The lowest BCUT2D eigenvalue weighted by Crippen LogP contribution is -2.39. The normalized spacial score (nSPS) is 18.5. The zero-order valence-corrected chi connectivity index (χ0v) is 28.3. The fraction of sp³-hybridized carbons (Fsp3) is 0.436. The Hall–Kier alpha value is -3.94. The van der Waals surface area contributed by atoms with Crippen LogP contribution in [0.2, 0.25) is 0 Å². The molecule has 242 valence electrons. The number of benzene rings is 3. The zero-order chi connectivity index (χ0) is 32.4. The number of aliphatic hydroxyl groups is 1. The molecule has 0 bridgehead atoms. The smallest absolute Gasteiger partial charge is 0.225 e. The maximum absolute atomic E-state index is 11.5.